The fourth-order valence-electron chi connectivity index (χ4n) is 2.22. The van der Waals surface area contributed by atoms with E-state index in [1.165, 1.54) is 11.0 Å². The number of carbonyl (C=O) groups is 1. The molecule has 128 valence electrons. The number of likely N-dealkylation sites (tertiary alicyclic amines) is 1. The van der Waals surface area contributed by atoms with Gasteiger partial charge in [0.15, 0.2) is 0 Å². The molecule has 0 bridgehead atoms. The number of hydrogen-bond acceptors (Lipinski definition) is 3. The Morgan fingerprint density at radius 3 is 2.39 bits per heavy atom. The van der Waals surface area contributed by atoms with Crippen molar-refractivity contribution < 1.29 is 22.7 Å². The maximum atomic E-state index is 12.8. The quantitative estimate of drug-likeness (QED) is 0.890. The Bertz CT molecular complexity index is 588. The smallest absolute Gasteiger partial charge is 0.416 e. The molecule has 1 aromatic carbocycles. The lowest BCUT2D eigenvalue weighted by Gasteiger charge is -2.40. The highest BCUT2D eigenvalue weighted by molar-refractivity contribution is 5.70. The first-order chi connectivity index (χ1) is 10.5. The largest absolute Gasteiger partial charge is 0.444 e. The van der Waals surface area contributed by atoms with Crippen molar-refractivity contribution >= 4 is 11.8 Å². The second-order valence-corrected chi connectivity index (χ2v) is 6.75. The summed E-state index contributed by atoms with van der Waals surface area (Å²) in [5.41, 5.74) is -0.0796. The van der Waals surface area contributed by atoms with Crippen LogP contribution in [0.3, 0.4) is 0 Å². The second-order valence-electron chi connectivity index (χ2n) is 6.75. The number of alkyl halides is 3. The molecule has 0 atom stereocenters. The number of ether oxygens (including phenoxy) is 1. The van der Waals surface area contributed by atoms with Crippen molar-refractivity contribution in [1.82, 2.24) is 4.90 Å². The van der Waals surface area contributed by atoms with Gasteiger partial charge in [-0.1, -0.05) is 6.07 Å². The Morgan fingerprint density at radius 2 is 1.87 bits per heavy atom. The first kappa shape index (κ1) is 17.4. The fraction of sp³-hybridized carbons (Fsp3) is 0.562. The van der Waals surface area contributed by atoms with Crippen molar-refractivity contribution in [2.45, 2.75) is 45.5 Å². The molecule has 4 nitrogen and oxygen atoms in total. The molecule has 0 radical (unpaired) electrons. The molecule has 0 unspecified atom stereocenters. The molecule has 0 spiro atoms. The van der Waals surface area contributed by atoms with E-state index >= 15 is 0 Å². The molecule has 0 saturated carbocycles. The third-order valence-corrected chi connectivity index (χ3v) is 3.46. The average Bonchev–Trinajstić information content (AvgIpc) is 2.31. The van der Waals surface area contributed by atoms with Gasteiger partial charge in [-0.25, -0.2) is 4.79 Å². The van der Waals surface area contributed by atoms with Gasteiger partial charge in [0, 0.05) is 18.8 Å². The summed E-state index contributed by atoms with van der Waals surface area (Å²) in [4.78, 5) is 13.3. The van der Waals surface area contributed by atoms with Crippen LogP contribution in [0.15, 0.2) is 18.2 Å². The summed E-state index contributed by atoms with van der Waals surface area (Å²) in [6, 6.07) is 3.53. The van der Waals surface area contributed by atoms with E-state index in [9.17, 15) is 18.0 Å². The molecule has 7 heteroatoms. The van der Waals surface area contributed by atoms with Crippen molar-refractivity contribution in [2.75, 3.05) is 18.4 Å². The molecule has 1 saturated heterocycles. The number of anilines is 1. The highest BCUT2D eigenvalue weighted by Gasteiger charge is 2.35. The zero-order chi connectivity index (χ0) is 17.4. The zero-order valence-corrected chi connectivity index (χ0v) is 13.6. The van der Waals surface area contributed by atoms with Crippen molar-refractivity contribution in [3.05, 3.63) is 29.3 Å². The third kappa shape index (κ3) is 4.53. The van der Waals surface area contributed by atoms with E-state index in [1.54, 1.807) is 27.7 Å². The molecule has 23 heavy (non-hydrogen) atoms. The van der Waals surface area contributed by atoms with Crippen molar-refractivity contribution in [1.29, 1.82) is 0 Å². The monoisotopic (exact) mass is 330 g/mol. The Balaban J connectivity index is 1.94. The first-order valence-corrected chi connectivity index (χ1v) is 7.38. The lowest BCUT2D eigenvalue weighted by molar-refractivity contribution is -0.137. The zero-order valence-electron chi connectivity index (χ0n) is 13.6. The molecule has 1 fully saturated rings. The Morgan fingerprint density at radius 1 is 1.26 bits per heavy atom. The van der Waals surface area contributed by atoms with Gasteiger partial charge in [0.1, 0.15) is 5.60 Å². The molecule has 1 aliphatic heterocycles. The number of aryl methyl sites for hydroxylation is 1. The number of nitrogens with zero attached hydrogens (tertiary/aromatic N) is 1. The topological polar surface area (TPSA) is 41.6 Å². The summed E-state index contributed by atoms with van der Waals surface area (Å²) >= 11 is 0. The van der Waals surface area contributed by atoms with E-state index in [0.717, 1.165) is 17.7 Å². The van der Waals surface area contributed by atoms with Gasteiger partial charge in [0.25, 0.3) is 0 Å². The van der Waals surface area contributed by atoms with Crippen LogP contribution in [0.25, 0.3) is 0 Å². The molecule has 1 N–H and O–H groups in total. The van der Waals surface area contributed by atoms with E-state index in [0.29, 0.717) is 18.8 Å². The van der Waals surface area contributed by atoms with Gasteiger partial charge in [0.2, 0.25) is 0 Å². The van der Waals surface area contributed by atoms with Crippen LogP contribution in [0, 0.1) is 6.92 Å². The first-order valence-electron chi connectivity index (χ1n) is 7.38. The second kappa shape index (κ2) is 5.94. The Kier molecular flexibility index (Phi) is 4.50. The van der Waals surface area contributed by atoms with Crippen LogP contribution in [0.2, 0.25) is 0 Å². The lowest BCUT2D eigenvalue weighted by atomic mass is 10.1. The highest BCUT2D eigenvalue weighted by atomic mass is 19.4. The molecular formula is C16H21F3N2O2. The minimum Gasteiger partial charge on any atom is -0.444 e. The van der Waals surface area contributed by atoms with Gasteiger partial charge in [-0.2, -0.15) is 13.2 Å². The molecule has 1 heterocycles. The van der Waals surface area contributed by atoms with Crippen LogP contribution >= 0.6 is 0 Å². The standard InChI is InChI=1S/C16H21F3N2O2/c1-10-5-6-11(16(17,18)19)7-13(10)20-12-8-21(9-12)14(22)23-15(2,3)4/h5-7,12,20H,8-9H2,1-4H3. The number of rotatable bonds is 2. The van der Waals surface area contributed by atoms with Gasteiger partial charge in [-0.05, 0) is 45.4 Å². The minimum absolute atomic E-state index is 0.0790. The predicted octanol–water partition coefficient (Wildman–Crippen LogP) is 4.05. The number of carbonyl (C=O) groups excluding carboxylic acids is 1. The van der Waals surface area contributed by atoms with E-state index in [4.69, 9.17) is 4.74 Å². The van der Waals surface area contributed by atoms with Crippen LogP contribution in [-0.4, -0.2) is 35.7 Å². The number of amides is 1. The SMILES string of the molecule is Cc1ccc(C(F)(F)F)cc1NC1CN(C(=O)OC(C)(C)C)C1. The van der Waals surface area contributed by atoms with Gasteiger partial charge in [-0.15, -0.1) is 0 Å². The molecule has 2 rings (SSSR count). The van der Waals surface area contributed by atoms with Gasteiger partial charge >= 0.3 is 12.3 Å². The summed E-state index contributed by atoms with van der Waals surface area (Å²) in [7, 11) is 0. The molecule has 0 aliphatic carbocycles. The summed E-state index contributed by atoms with van der Waals surface area (Å²) in [5, 5.41) is 3.06. The Labute approximate surface area is 133 Å². The van der Waals surface area contributed by atoms with Crippen molar-refractivity contribution in [3.63, 3.8) is 0 Å². The van der Waals surface area contributed by atoms with E-state index in [1.807, 2.05) is 0 Å². The highest BCUT2D eigenvalue weighted by Crippen LogP contribution is 2.32. The molecule has 1 aromatic rings. The fourth-order valence-corrected chi connectivity index (χ4v) is 2.22. The maximum Gasteiger partial charge on any atom is 0.416 e. The lowest BCUT2D eigenvalue weighted by Crippen LogP contribution is -2.58. The van der Waals surface area contributed by atoms with Gasteiger partial charge < -0.3 is 15.0 Å². The van der Waals surface area contributed by atoms with E-state index in [-0.39, 0.29) is 6.04 Å². The summed E-state index contributed by atoms with van der Waals surface area (Å²) in [6.45, 7) is 7.91. The van der Waals surface area contributed by atoms with Crippen LogP contribution < -0.4 is 5.32 Å². The number of benzene rings is 1. The van der Waals surface area contributed by atoms with Crippen LogP contribution in [0.4, 0.5) is 23.7 Å². The van der Waals surface area contributed by atoms with Gasteiger partial charge in [-0.3, -0.25) is 0 Å². The normalized spacial score (nSPS) is 16.0. The van der Waals surface area contributed by atoms with Crippen molar-refractivity contribution in [3.8, 4) is 0 Å². The Hall–Kier alpha value is -1.92. The molecule has 1 aliphatic rings. The van der Waals surface area contributed by atoms with Gasteiger partial charge in [0.05, 0.1) is 11.6 Å². The summed E-state index contributed by atoms with van der Waals surface area (Å²) in [6.07, 6.45) is -4.77. The molecule has 0 aromatic heterocycles. The number of hydrogen-bond donors (Lipinski definition) is 1. The van der Waals surface area contributed by atoms with Crippen molar-refractivity contribution in [2.24, 2.45) is 0 Å². The third-order valence-electron chi connectivity index (χ3n) is 3.46. The number of nitrogens with one attached hydrogen (secondary N) is 1. The summed E-state index contributed by atoms with van der Waals surface area (Å²) < 4.78 is 43.5. The van der Waals surface area contributed by atoms with Crippen LogP contribution in [-0.2, 0) is 10.9 Å². The molecular weight excluding hydrogens is 309 g/mol. The average molecular weight is 330 g/mol. The maximum absolute atomic E-state index is 12.8. The summed E-state index contributed by atoms with van der Waals surface area (Å²) in [5.74, 6) is 0. The minimum atomic E-state index is -4.37. The number of halogens is 3. The predicted molar refractivity (Wildman–Crippen MR) is 81.4 cm³/mol. The van der Waals surface area contributed by atoms with E-state index in [2.05, 4.69) is 5.32 Å². The van der Waals surface area contributed by atoms with E-state index < -0.39 is 23.4 Å². The van der Waals surface area contributed by atoms with Crippen LogP contribution in [0.5, 0.6) is 0 Å². The molecule has 1 amide bonds. The van der Waals surface area contributed by atoms with Crippen LogP contribution in [0.1, 0.15) is 31.9 Å².